The summed E-state index contributed by atoms with van der Waals surface area (Å²) in [5, 5.41) is 19.2. The fourth-order valence-electron chi connectivity index (χ4n) is 9.72. The van der Waals surface area contributed by atoms with Crippen LogP contribution < -0.4 is 5.32 Å². The quantitative estimate of drug-likeness (QED) is 0.179. The predicted octanol–water partition coefficient (Wildman–Crippen LogP) is 14.3. The van der Waals surface area contributed by atoms with E-state index in [-0.39, 0.29) is 6.04 Å². The van der Waals surface area contributed by atoms with Crippen molar-refractivity contribution >= 4 is 86.9 Å². The van der Waals surface area contributed by atoms with E-state index in [9.17, 15) is 0 Å². The number of para-hydroxylation sites is 2. The number of fused-ring (bicyclic) bond motifs is 12. The second-order valence-corrected chi connectivity index (χ2v) is 15.2. The maximum absolute atomic E-state index is 4.10. The Morgan fingerprint density at radius 3 is 1.72 bits per heavy atom. The Morgan fingerprint density at radius 1 is 0.404 bits per heavy atom. The molecule has 0 fully saturated rings. The SMILES string of the molecule is C1=C(c2cccc3ccccc23)C=C(c2cccc3ccccc23)NC1c1cc2c3ccccc3c3c(c4ccccc4n3-c3ccccc3)c2c2ccccc12. The van der Waals surface area contributed by atoms with Gasteiger partial charge in [0.25, 0.3) is 0 Å². The largest absolute Gasteiger partial charge is 0.374 e. The van der Waals surface area contributed by atoms with Crippen molar-refractivity contribution in [3.05, 3.63) is 223 Å². The Balaban J connectivity index is 1.18. The number of aromatic nitrogens is 1. The number of nitrogens with one attached hydrogen (secondary N) is 1. The lowest BCUT2D eigenvalue weighted by Crippen LogP contribution is -2.22. The van der Waals surface area contributed by atoms with Crippen LogP contribution in [0.1, 0.15) is 22.7 Å². The topological polar surface area (TPSA) is 17.0 Å². The molecule has 1 N–H and O–H groups in total. The second-order valence-electron chi connectivity index (χ2n) is 15.2. The molecule has 0 saturated carbocycles. The van der Waals surface area contributed by atoms with Gasteiger partial charge < -0.3 is 9.88 Å². The van der Waals surface area contributed by atoms with Crippen molar-refractivity contribution in [3.63, 3.8) is 0 Å². The standard InChI is InChI=1S/C55H36N2/c1-2-20-38(21-3-1)57-52-31-13-12-28-47(52)54-53-45-26-10-8-24-42(45)48(34-49(53)43-25-9-11-27-46(43)55(54)57)51-33-37(41-29-14-18-35-16-4-6-22-39(35)41)32-50(56-51)44-30-15-19-36-17-5-7-23-40(36)44/h1-34,51,56H. The van der Waals surface area contributed by atoms with Crippen molar-refractivity contribution < 1.29 is 0 Å². The molecule has 1 aromatic heterocycles. The van der Waals surface area contributed by atoms with Crippen LogP contribution in [0.4, 0.5) is 0 Å². The third kappa shape index (κ3) is 4.84. The van der Waals surface area contributed by atoms with Gasteiger partial charge in [-0.05, 0) is 96.2 Å². The first-order chi connectivity index (χ1) is 28.3. The zero-order valence-corrected chi connectivity index (χ0v) is 31.2. The number of hydrogen-bond donors (Lipinski definition) is 1. The molecule has 10 aromatic carbocycles. The Labute approximate surface area is 330 Å². The van der Waals surface area contributed by atoms with E-state index in [1.54, 1.807) is 0 Å². The minimum atomic E-state index is -0.104. The summed E-state index contributed by atoms with van der Waals surface area (Å²) in [7, 11) is 0. The summed E-state index contributed by atoms with van der Waals surface area (Å²) in [6, 6.07) is 71.0. The van der Waals surface area contributed by atoms with Crippen LogP contribution in [0.15, 0.2) is 206 Å². The molecule has 0 radical (unpaired) electrons. The number of nitrogens with zero attached hydrogens (tertiary/aromatic N) is 1. The first-order valence-corrected chi connectivity index (χ1v) is 19.8. The fraction of sp³-hybridized carbons (Fsp3) is 0.0182. The zero-order chi connectivity index (χ0) is 37.5. The minimum absolute atomic E-state index is 0.104. The number of hydrogen-bond acceptors (Lipinski definition) is 1. The van der Waals surface area contributed by atoms with Crippen molar-refractivity contribution in [1.29, 1.82) is 0 Å². The van der Waals surface area contributed by atoms with E-state index in [1.807, 2.05) is 0 Å². The van der Waals surface area contributed by atoms with Gasteiger partial charge in [0, 0.05) is 38.5 Å². The van der Waals surface area contributed by atoms with Crippen LogP contribution >= 0.6 is 0 Å². The highest BCUT2D eigenvalue weighted by molar-refractivity contribution is 6.37. The maximum Gasteiger partial charge on any atom is 0.0713 e. The summed E-state index contributed by atoms with van der Waals surface area (Å²) in [6.45, 7) is 0. The molecule has 1 aliphatic rings. The molecule has 57 heavy (non-hydrogen) atoms. The van der Waals surface area contributed by atoms with Gasteiger partial charge in [-0.25, -0.2) is 0 Å². The van der Waals surface area contributed by atoms with Crippen LogP contribution in [-0.2, 0) is 0 Å². The number of dihydropyridines is 1. The fourth-order valence-corrected chi connectivity index (χ4v) is 9.72. The first kappa shape index (κ1) is 31.9. The van der Waals surface area contributed by atoms with E-state index in [4.69, 9.17) is 0 Å². The lowest BCUT2D eigenvalue weighted by molar-refractivity contribution is 0.775. The normalized spacial score (nSPS) is 14.5. The van der Waals surface area contributed by atoms with Gasteiger partial charge >= 0.3 is 0 Å². The van der Waals surface area contributed by atoms with E-state index in [1.165, 1.54) is 104 Å². The highest BCUT2D eigenvalue weighted by Crippen LogP contribution is 2.47. The van der Waals surface area contributed by atoms with Gasteiger partial charge in [-0.3, -0.25) is 0 Å². The van der Waals surface area contributed by atoms with Gasteiger partial charge in [-0.2, -0.15) is 0 Å². The van der Waals surface area contributed by atoms with Crippen LogP contribution in [0.3, 0.4) is 0 Å². The lowest BCUT2D eigenvalue weighted by Gasteiger charge is -2.28. The highest BCUT2D eigenvalue weighted by atomic mass is 15.0. The first-order valence-electron chi connectivity index (χ1n) is 19.8. The van der Waals surface area contributed by atoms with E-state index in [2.05, 4.69) is 216 Å². The van der Waals surface area contributed by atoms with Crippen molar-refractivity contribution in [1.82, 2.24) is 9.88 Å². The molecule has 0 amide bonds. The molecular weight excluding hydrogens is 689 g/mol. The molecule has 2 heterocycles. The predicted molar refractivity (Wildman–Crippen MR) is 243 cm³/mol. The maximum atomic E-state index is 4.10. The summed E-state index contributed by atoms with van der Waals surface area (Å²) >= 11 is 0. The van der Waals surface area contributed by atoms with E-state index in [0.717, 1.165) is 5.70 Å². The molecule has 0 aliphatic carbocycles. The van der Waals surface area contributed by atoms with Crippen LogP contribution in [0.2, 0.25) is 0 Å². The van der Waals surface area contributed by atoms with Crippen LogP contribution in [0, 0.1) is 0 Å². The van der Waals surface area contributed by atoms with E-state index >= 15 is 0 Å². The van der Waals surface area contributed by atoms with Crippen LogP contribution in [-0.4, -0.2) is 4.57 Å². The third-order valence-corrected chi connectivity index (χ3v) is 12.2. The molecule has 2 nitrogen and oxygen atoms in total. The lowest BCUT2D eigenvalue weighted by atomic mass is 9.85. The summed E-state index contributed by atoms with van der Waals surface area (Å²) < 4.78 is 2.47. The van der Waals surface area contributed by atoms with Crippen molar-refractivity contribution in [2.75, 3.05) is 0 Å². The van der Waals surface area contributed by atoms with Crippen LogP contribution in [0.5, 0.6) is 0 Å². The van der Waals surface area contributed by atoms with E-state index in [0.29, 0.717) is 0 Å². The Morgan fingerprint density at radius 2 is 0.965 bits per heavy atom. The summed E-state index contributed by atoms with van der Waals surface area (Å²) in [6.07, 6.45) is 4.81. The number of rotatable bonds is 4. The molecule has 11 aromatic rings. The Kier molecular flexibility index (Phi) is 7.02. The molecule has 1 unspecified atom stereocenters. The van der Waals surface area contributed by atoms with Gasteiger partial charge in [-0.1, -0.05) is 170 Å². The number of benzene rings is 10. The molecule has 0 spiro atoms. The van der Waals surface area contributed by atoms with Gasteiger partial charge in [0.1, 0.15) is 0 Å². The molecular formula is C55H36N2. The minimum Gasteiger partial charge on any atom is -0.374 e. The molecule has 0 bridgehead atoms. The summed E-state index contributed by atoms with van der Waals surface area (Å²) in [5.74, 6) is 0. The monoisotopic (exact) mass is 724 g/mol. The van der Waals surface area contributed by atoms with Crippen LogP contribution in [0.25, 0.3) is 92.6 Å². The summed E-state index contributed by atoms with van der Waals surface area (Å²) in [4.78, 5) is 0. The smallest absolute Gasteiger partial charge is 0.0713 e. The molecule has 12 rings (SSSR count). The third-order valence-electron chi connectivity index (χ3n) is 12.2. The molecule has 1 atom stereocenters. The molecule has 1 aliphatic heterocycles. The number of allylic oxidation sites excluding steroid dienone is 2. The highest BCUT2D eigenvalue weighted by Gasteiger charge is 2.26. The zero-order valence-electron chi connectivity index (χ0n) is 31.2. The molecule has 2 heteroatoms. The molecule has 266 valence electrons. The Hall–Kier alpha value is -7.42. The van der Waals surface area contributed by atoms with Gasteiger partial charge in [0.15, 0.2) is 0 Å². The van der Waals surface area contributed by atoms with Crippen molar-refractivity contribution in [3.8, 4) is 5.69 Å². The average molecular weight is 725 g/mol. The van der Waals surface area contributed by atoms with Crippen molar-refractivity contribution in [2.45, 2.75) is 6.04 Å². The average Bonchev–Trinajstić information content (AvgIpc) is 3.64. The van der Waals surface area contributed by atoms with Gasteiger partial charge in [-0.15, -0.1) is 0 Å². The Bertz CT molecular complexity index is 3480. The van der Waals surface area contributed by atoms with Gasteiger partial charge in [0.05, 0.1) is 17.1 Å². The second kappa shape index (κ2) is 12.6. The van der Waals surface area contributed by atoms with Crippen molar-refractivity contribution in [2.24, 2.45) is 0 Å². The van der Waals surface area contributed by atoms with Gasteiger partial charge in [0.2, 0.25) is 0 Å². The van der Waals surface area contributed by atoms with E-state index < -0.39 is 0 Å². The summed E-state index contributed by atoms with van der Waals surface area (Å²) in [5.41, 5.74) is 9.67. The molecule has 0 saturated heterocycles.